The number of imidazole rings is 1. The van der Waals surface area contributed by atoms with Crippen LogP contribution in [0, 0.1) is 0 Å². The fourth-order valence-corrected chi connectivity index (χ4v) is 6.62. The van der Waals surface area contributed by atoms with Crippen LogP contribution in [-0.4, -0.2) is 67.8 Å². The molecule has 2 atom stereocenters. The van der Waals surface area contributed by atoms with Crippen molar-refractivity contribution in [1.82, 2.24) is 35.0 Å². The van der Waals surface area contributed by atoms with Gasteiger partial charge in [0, 0.05) is 48.6 Å². The van der Waals surface area contributed by atoms with Crippen LogP contribution in [0.1, 0.15) is 19.8 Å². The number of hydrogen-bond acceptors (Lipinski definition) is 8. The molecule has 0 saturated carbocycles. The van der Waals surface area contributed by atoms with Crippen molar-refractivity contribution in [3.8, 4) is 21.7 Å². The third kappa shape index (κ3) is 3.21. The van der Waals surface area contributed by atoms with Crippen molar-refractivity contribution in [1.29, 1.82) is 0 Å². The summed E-state index contributed by atoms with van der Waals surface area (Å²) in [6.45, 7) is 3.44. The molecule has 2 N–H and O–H groups in total. The smallest absolute Gasteiger partial charge is 0.188 e. The summed E-state index contributed by atoms with van der Waals surface area (Å²) < 4.78 is 0. The molecular formula is C22H24N8S2. The third-order valence-electron chi connectivity index (χ3n) is 6.61. The first-order valence-electron chi connectivity index (χ1n) is 10.7. The number of aromatic nitrogens is 6. The van der Waals surface area contributed by atoms with Crippen LogP contribution in [0.25, 0.3) is 42.4 Å². The zero-order chi connectivity index (χ0) is 21.8. The maximum atomic E-state index is 4.95. The van der Waals surface area contributed by atoms with Crippen molar-refractivity contribution in [2.45, 2.75) is 31.8 Å². The van der Waals surface area contributed by atoms with Crippen molar-refractivity contribution in [3.63, 3.8) is 0 Å². The Morgan fingerprint density at radius 1 is 1.16 bits per heavy atom. The molecule has 0 spiro atoms. The molecule has 0 radical (unpaired) electrons. The highest BCUT2D eigenvalue weighted by Crippen LogP contribution is 2.40. The Hall–Kier alpha value is -2.82. The Morgan fingerprint density at radius 3 is 2.78 bits per heavy atom. The summed E-state index contributed by atoms with van der Waals surface area (Å²) in [6, 6.07) is 5.33. The van der Waals surface area contributed by atoms with Crippen LogP contribution in [0.5, 0.6) is 0 Å². The van der Waals surface area contributed by atoms with E-state index < -0.39 is 0 Å². The molecular weight excluding hydrogens is 440 g/mol. The van der Waals surface area contributed by atoms with Crippen LogP contribution in [0.3, 0.4) is 0 Å². The summed E-state index contributed by atoms with van der Waals surface area (Å²) in [5.74, 6) is 0. The maximum absolute atomic E-state index is 4.95. The Bertz CT molecular complexity index is 1350. The molecule has 0 amide bonds. The van der Waals surface area contributed by atoms with Crippen LogP contribution in [0.4, 0.5) is 5.13 Å². The third-order valence-corrected chi connectivity index (χ3v) is 8.77. The van der Waals surface area contributed by atoms with Crippen molar-refractivity contribution in [2.75, 3.05) is 25.5 Å². The lowest BCUT2D eigenvalue weighted by Crippen LogP contribution is -2.46. The Balaban J connectivity index is 1.32. The predicted octanol–water partition coefficient (Wildman–Crippen LogP) is 4.61. The van der Waals surface area contributed by atoms with E-state index in [2.05, 4.69) is 63.1 Å². The molecule has 1 saturated heterocycles. The van der Waals surface area contributed by atoms with E-state index in [9.17, 15) is 0 Å². The molecule has 1 aliphatic rings. The molecule has 8 nitrogen and oxygen atoms in total. The second-order valence-corrected chi connectivity index (χ2v) is 10.5. The monoisotopic (exact) mass is 464 g/mol. The minimum Gasteiger partial charge on any atom is -0.348 e. The van der Waals surface area contributed by atoms with Gasteiger partial charge in [-0.1, -0.05) is 28.7 Å². The zero-order valence-corrected chi connectivity index (χ0v) is 19.8. The van der Waals surface area contributed by atoms with Gasteiger partial charge in [0.1, 0.15) is 5.01 Å². The van der Waals surface area contributed by atoms with E-state index in [0.717, 1.165) is 54.1 Å². The van der Waals surface area contributed by atoms with Crippen LogP contribution < -0.4 is 4.90 Å². The minimum atomic E-state index is 0.529. The number of benzene rings is 1. The first kappa shape index (κ1) is 19.8. The van der Waals surface area contributed by atoms with Gasteiger partial charge in [-0.2, -0.15) is 5.10 Å². The van der Waals surface area contributed by atoms with Gasteiger partial charge >= 0.3 is 0 Å². The first-order valence-corrected chi connectivity index (χ1v) is 12.4. The molecule has 6 rings (SSSR count). The second-order valence-electron chi connectivity index (χ2n) is 8.52. The number of likely N-dealkylation sites (tertiary alicyclic amines) is 1. The van der Waals surface area contributed by atoms with Gasteiger partial charge in [0.05, 0.1) is 23.6 Å². The van der Waals surface area contributed by atoms with E-state index in [0.29, 0.717) is 12.1 Å². The second kappa shape index (κ2) is 7.65. The summed E-state index contributed by atoms with van der Waals surface area (Å²) in [5, 5.41) is 8.98. The number of nitrogens with one attached hydrogen (secondary N) is 2. The molecule has 1 aliphatic heterocycles. The molecule has 0 aliphatic carbocycles. The highest BCUT2D eigenvalue weighted by atomic mass is 32.1. The zero-order valence-electron chi connectivity index (χ0n) is 18.2. The molecule has 5 aromatic rings. The van der Waals surface area contributed by atoms with Gasteiger partial charge in [0.25, 0.3) is 0 Å². The fourth-order valence-electron chi connectivity index (χ4n) is 4.51. The normalized spacial score (nSPS) is 19.8. The Morgan fingerprint density at radius 2 is 2.00 bits per heavy atom. The summed E-state index contributed by atoms with van der Waals surface area (Å²) in [5.41, 5.74) is 5.03. The maximum Gasteiger partial charge on any atom is 0.188 e. The van der Waals surface area contributed by atoms with Gasteiger partial charge in [-0.25, -0.2) is 15.0 Å². The summed E-state index contributed by atoms with van der Waals surface area (Å²) in [7, 11) is 4.39. The number of rotatable bonds is 4. The molecule has 5 heterocycles. The number of thiazole rings is 2. The Kier molecular flexibility index (Phi) is 4.74. The molecule has 164 valence electrons. The van der Waals surface area contributed by atoms with Crippen LogP contribution in [0.2, 0.25) is 0 Å². The average Bonchev–Trinajstić information content (AvgIpc) is 3.57. The van der Waals surface area contributed by atoms with Crippen LogP contribution >= 0.6 is 22.7 Å². The standard InChI is InChI=1S/C22H24N8S2/c1-12-8-14(6-7-29(12)2)30(3)22-28-21-20(32-22)27-19(31-21)16-5-4-15(13-9-25-26-10-13)17-18(16)24-11-23-17/h4-5,9-12,14H,6-8H2,1-3H3,(H,23,24)(H,25,26). The first-order chi connectivity index (χ1) is 15.6. The molecule has 32 heavy (non-hydrogen) atoms. The molecule has 2 unspecified atom stereocenters. The number of piperidine rings is 1. The fraction of sp³-hybridized carbons (Fsp3) is 0.364. The van der Waals surface area contributed by atoms with Gasteiger partial charge in [0.2, 0.25) is 0 Å². The molecule has 1 fully saturated rings. The number of H-pyrrole nitrogens is 2. The molecule has 10 heteroatoms. The summed E-state index contributed by atoms with van der Waals surface area (Å²) >= 11 is 3.33. The number of nitrogens with zero attached hydrogens (tertiary/aromatic N) is 6. The van der Waals surface area contributed by atoms with Gasteiger partial charge in [0.15, 0.2) is 14.8 Å². The predicted molar refractivity (Wildman–Crippen MR) is 131 cm³/mol. The summed E-state index contributed by atoms with van der Waals surface area (Å²) in [6.07, 6.45) is 7.77. The Labute approximate surface area is 193 Å². The molecule has 0 bridgehead atoms. The van der Waals surface area contributed by atoms with Gasteiger partial charge in [-0.15, -0.1) is 0 Å². The number of aromatic amines is 2. The summed E-state index contributed by atoms with van der Waals surface area (Å²) in [4.78, 5) is 24.6. The number of hydrogen-bond donors (Lipinski definition) is 2. The van der Waals surface area contributed by atoms with Crippen molar-refractivity contribution in [2.24, 2.45) is 0 Å². The lowest BCUT2D eigenvalue weighted by Gasteiger charge is -2.39. The van der Waals surface area contributed by atoms with E-state index in [1.807, 2.05) is 12.4 Å². The molecule has 1 aromatic carbocycles. The lowest BCUT2D eigenvalue weighted by molar-refractivity contribution is 0.181. The van der Waals surface area contributed by atoms with E-state index in [-0.39, 0.29) is 0 Å². The van der Waals surface area contributed by atoms with Crippen molar-refractivity contribution in [3.05, 3.63) is 30.9 Å². The van der Waals surface area contributed by atoms with Gasteiger partial charge < -0.3 is 14.8 Å². The van der Waals surface area contributed by atoms with Crippen LogP contribution in [0.15, 0.2) is 30.9 Å². The highest BCUT2D eigenvalue weighted by molar-refractivity contribution is 7.29. The van der Waals surface area contributed by atoms with Gasteiger partial charge in [-0.3, -0.25) is 5.10 Å². The number of fused-ring (bicyclic) bond motifs is 2. The van der Waals surface area contributed by atoms with E-state index >= 15 is 0 Å². The average molecular weight is 465 g/mol. The topological polar surface area (TPSA) is 89.6 Å². The van der Waals surface area contributed by atoms with E-state index in [1.54, 1.807) is 29.0 Å². The number of anilines is 1. The van der Waals surface area contributed by atoms with Gasteiger partial charge in [-0.05, 0) is 32.9 Å². The highest BCUT2D eigenvalue weighted by Gasteiger charge is 2.28. The largest absolute Gasteiger partial charge is 0.348 e. The van der Waals surface area contributed by atoms with E-state index in [1.165, 1.54) is 12.8 Å². The van der Waals surface area contributed by atoms with Crippen LogP contribution in [-0.2, 0) is 0 Å². The lowest BCUT2D eigenvalue weighted by atomic mass is 9.98. The quantitative estimate of drug-likeness (QED) is 0.404. The van der Waals surface area contributed by atoms with Crippen molar-refractivity contribution >= 4 is 48.5 Å². The molecule has 4 aromatic heterocycles. The SMILES string of the molecule is CC1CC(N(C)c2nc3sc(-c4ccc(-c5cn[nH]c5)c5nc[nH]c45)nc3s2)CCN1C. The van der Waals surface area contributed by atoms with Crippen molar-refractivity contribution < 1.29 is 0 Å². The minimum absolute atomic E-state index is 0.529. The van der Waals surface area contributed by atoms with E-state index in [4.69, 9.17) is 9.97 Å².